The minimum atomic E-state index is 0.640. The maximum atomic E-state index is 4.91. The second-order valence-electron chi connectivity index (χ2n) is 12.2. The minimum absolute atomic E-state index is 0.640. The van der Waals surface area contributed by atoms with Crippen LogP contribution in [0.1, 0.15) is 16.7 Å². The van der Waals surface area contributed by atoms with Crippen molar-refractivity contribution in [3.8, 4) is 68.3 Å². The van der Waals surface area contributed by atoms with Crippen LogP contribution in [0.25, 0.3) is 68.3 Å². The number of benzene rings is 6. The van der Waals surface area contributed by atoms with Crippen LogP contribution in [0.5, 0.6) is 0 Å². The Hall–Kier alpha value is -6.66. The summed E-state index contributed by atoms with van der Waals surface area (Å²) in [6.07, 6.45) is 0.747. The minimum Gasteiger partial charge on any atom is -0.208 e. The van der Waals surface area contributed by atoms with E-state index in [-0.39, 0.29) is 0 Å². The van der Waals surface area contributed by atoms with Gasteiger partial charge in [-0.3, -0.25) is 0 Å². The van der Waals surface area contributed by atoms with E-state index in [2.05, 4.69) is 79.7 Å². The highest BCUT2D eigenvalue weighted by atomic mass is 15.0. The molecule has 0 aliphatic rings. The van der Waals surface area contributed by atoms with Crippen molar-refractivity contribution in [2.45, 2.75) is 13.3 Å². The summed E-state index contributed by atoms with van der Waals surface area (Å²) in [5.41, 5.74) is 9.20. The van der Waals surface area contributed by atoms with Gasteiger partial charge in [0.15, 0.2) is 34.9 Å². The van der Waals surface area contributed by atoms with E-state index in [1.54, 1.807) is 0 Å². The molecule has 0 amide bonds. The SMILES string of the molecule is Cc1ccc(-c2nc(-c3ccccc3)nc(-c3ccc(Cc4cccc(-c5nc(-c6ccccc6)nc(-c6ccccc6)n5)c4)cc3)n2)cc1. The highest BCUT2D eigenvalue weighted by Gasteiger charge is 2.14. The lowest BCUT2D eigenvalue weighted by Gasteiger charge is -2.10. The summed E-state index contributed by atoms with van der Waals surface area (Å²) in [7, 11) is 0. The molecular formula is C44H32N6. The Bertz CT molecular complexity index is 2320. The molecule has 238 valence electrons. The van der Waals surface area contributed by atoms with Crippen molar-refractivity contribution in [1.82, 2.24) is 29.9 Å². The summed E-state index contributed by atoms with van der Waals surface area (Å²) in [6, 6.07) is 55.3. The van der Waals surface area contributed by atoms with E-state index in [1.165, 1.54) is 11.1 Å². The Balaban J connectivity index is 1.10. The zero-order valence-electron chi connectivity index (χ0n) is 27.5. The van der Waals surface area contributed by atoms with Gasteiger partial charge in [0.1, 0.15) is 0 Å². The number of rotatable bonds is 8. The van der Waals surface area contributed by atoms with Crippen LogP contribution in [0, 0.1) is 6.92 Å². The van der Waals surface area contributed by atoms with Crippen LogP contribution in [0.4, 0.5) is 0 Å². The number of aryl methyl sites for hydroxylation is 1. The van der Waals surface area contributed by atoms with Crippen molar-refractivity contribution in [3.05, 3.63) is 180 Å². The third-order valence-electron chi connectivity index (χ3n) is 8.48. The molecule has 50 heavy (non-hydrogen) atoms. The fraction of sp³-hybridized carbons (Fsp3) is 0.0455. The normalized spacial score (nSPS) is 11.0. The van der Waals surface area contributed by atoms with E-state index in [0.29, 0.717) is 34.9 Å². The molecule has 0 bridgehead atoms. The zero-order chi connectivity index (χ0) is 33.7. The maximum absolute atomic E-state index is 4.91. The maximum Gasteiger partial charge on any atom is 0.164 e. The molecule has 0 unspecified atom stereocenters. The van der Waals surface area contributed by atoms with Gasteiger partial charge in [0.2, 0.25) is 0 Å². The lowest BCUT2D eigenvalue weighted by molar-refractivity contribution is 1.07. The van der Waals surface area contributed by atoms with Crippen LogP contribution >= 0.6 is 0 Å². The van der Waals surface area contributed by atoms with Crippen molar-refractivity contribution in [2.24, 2.45) is 0 Å². The second kappa shape index (κ2) is 13.8. The van der Waals surface area contributed by atoms with Crippen molar-refractivity contribution in [3.63, 3.8) is 0 Å². The standard InChI is InChI=1S/C44H32N6/c1-30-20-24-36(25-21-30)42-46-39(33-13-5-2-6-14-33)47-43(48-42)37-26-22-31(23-27-37)28-32-12-11-19-38(29-32)44-49-40(34-15-7-3-8-16-34)45-41(50-44)35-17-9-4-10-18-35/h2-27,29H,28H2,1H3. The summed E-state index contributed by atoms with van der Waals surface area (Å²) in [5, 5.41) is 0. The summed E-state index contributed by atoms with van der Waals surface area (Å²) >= 11 is 0. The molecule has 8 aromatic rings. The number of nitrogens with zero attached hydrogens (tertiary/aromatic N) is 6. The monoisotopic (exact) mass is 644 g/mol. The van der Waals surface area contributed by atoms with E-state index >= 15 is 0 Å². The number of aromatic nitrogens is 6. The molecule has 0 aliphatic carbocycles. The Morgan fingerprint density at radius 3 is 1.06 bits per heavy atom. The lowest BCUT2D eigenvalue weighted by atomic mass is 10.0. The highest BCUT2D eigenvalue weighted by molar-refractivity contribution is 5.68. The molecule has 0 fully saturated rings. The van der Waals surface area contributed by atoms with E-state index < -0.39 is 0 Å². The van der Waals surface area contributed by atoms with E-state index in [4.69, 9.17) is 29.9 Å². The van der Waals surface area contributed by atoms with Crippen LogP contribution in [0.2, 0.25) is 0 Å². The van der Waals surface area contributed by atoms with E-state index in [9.17, 15) is 0 Å². The Labute approximate surface area is 291 Å². The predicted octanol–water partition coefficient (Wildman–Crippen LogP) is 9.96. The van der Waals surface area contributed by atoms with Gasteiger partial charge in [-0.2, -0.15) is 0 Å². The summed E-state index contributed by atoms with van der Waals surface area (Å²) < 4.78 is 0. The molecular weight excluding hydrogens is 613 g/mol. The summed E-state index contributed by atoms with van der Waals surface area (Å²) in [4.78, 5) is 29.3. The van der Waals surface area contributed by atoms with E-state index in [0.717, 1.165) is 45.4 Å². The third kappa shape index (κ3) is 6.82. The molecule has 0 atom stereocenters. The lowest BCUT2D eigenvalue weighted by Crippen LogP contribution is -2.01. The fourth-order valence-electron chi connectivity index (χ4n) is 5.82. The van der Waals surface area contributed by atoms with Gasteiger partial charge < -0.3 is 0 Å². The molecule has 0 N–H and O–H groups in total. The summed E-state index contributed by atoms with van der Waals surface area (Å²) in [5.74, 6) is 3.88. The van der Waals surface area contributed by atoms with Gasteiger partial charge in [-0.05, 0) is 30.5 Å². The Morgan fingerprint density at radius 1 is 0.300 bits per heavy atom. The first-order chi connectivity index (χ1) is 24.6. The van der Waals surface area contributed by atoms with E-state index in [1.807, 2.05) is 91.0 Å². The smallest absolute Gasteiger partial charge is 0.164 e. The molecule has 2 aromatic heterocycles. The predicted molar refractivity (Wildman–Crippen MR) is 200 cm³/mol. The molecule has 6 aromatic carbocycles. The molecule has 2 heterocycles. The molecule has 8 rings (SSSR count). The highest BCUT2D eigenvalue weighted by Crippen LogP contribution is 2.28. The van der Waals surface area contributed by atoms with Crippen LogP contribution in [0.15, 0.2) is 164 Å². The Kier molecular flexibility index (Phi) is 8.48. The zero-order valence-corrected chi connectivity index (χ0v) is 27.5. The average Bonchev–Trinajstić information content (AvgIpc) is 3.19. The van der Waals surface area contributed by atoms with Gasteiger partial charge in [0, 0.05) is 33.4 Å². The van der Waals surface area contributed by atoms with Crippen LogP contribution in [0.3, 0.4) is 0 Å². The first-order valence-corrected chi connectivity index (χ1v) is 16.6. The summed E-state index contributed by atoms with van der Waals surface area (Å²) in [6.45, 7) is 2.08. The van der Waals surface area contributed by atoms with Crippen LogP contribution in [-0.2, 0) is 6.42 Å². The van der Waals surface area contributed by atoms with Gasteiger partial charge in [0.05, 0.1) is 0 Å². The largest absolute Gasteiger partial charge is 0.208 e. The van der Waals surface area contributed by atoms with Crippen molar-refractivity contribution >= 4 is 0 Å². The molecule has 0 saturated carbocycles. The quantitative estimate of drug-likeness (QED) is 0.164. The van der Waals surface area contributed by atoms with Crippen molar-refractivity contribution < 1.29 is 0 Å². The second-order valence-corrected chi connectivity index (χ2v) is 12.2. The molecule has 6 nitrogen and oxygen atoms in total. The van der Waals surface area contributed by atoms with Gasteiger partial charge in [-0.25, -0.2) is 29.9 Å². The number of hydrogen-bond acceptors (Lipinski definition) is 6. The first-order valence-electron chi connectivity index (χ1n) is 16.6. The molecule has 0 saturated heterocycles. The van der Waals surface area contributed by atoms with Crippen molar-refractivity contribution in [2.75, 3.05) is 0 Å². The van der Waals surface area contributed by atoms with Gasteiger partial charge in [-0.1, -0.05) is 163 Å². The Morgan fingerprint density at radius 2 is 0.640 bits per heavy atom. The van der Waals surface area contributed by atoms with Crippen LogP contribution in [-0.4, -0.2) is 29.9 Å². The third-order valence-corrected chi connectivity index (χ3v) is 8.48. The van der Waals surface area contributed by atoms with Gasteiger partial charge in [-0.15, -0.1) is 0 Å². The fourth-order valence-corrected chi connectivity index (χ4v) is 5.82. The van der Waals surface area contributed by atoms with Crippen molar-refractivity contribution in [1.29, 1.82) is 0 Å². The number of hydrogen-bond donors (Lipinski definition) is 0. The topological polar surface area (TPSA) is 77.3 Å². The van der Waals surface area contributed by atoms with Crippen LogP contribution < -0.4 is 0 Å². The first kappa shape index (κ1) is 30.7. The molecule has 0 radical (unpaired) electrons. The van der Waals surface area contributed by atoms with Gasteiger partial charge >= 0.3 is 0 Å². The average molecular weight is 645 g/mol. The van der Waals surface area contributed by atoms with Gasteiger partial charge in [0.25, 0.3) is 0 Å². The molecule has 0 spiro atoms. The molecule has 6 heteroatoms. The molecule has 0 aliphatic heterocycles.